The van der Waals surface area contributed by atoms with Crippen LogP contribution >= 0.6 is 0 Å². The highest BCUT2D eigenvalue weighted by Gasteiger charge is 2.00. The van der Waals surface area contributed by atoms with E-state index in [4.69, 9.17) is 4.74 Å². The van der Waals surface area contributed by atoms with Gasteiger partial charge in [0.15, 0.2) is 0 Å². The van der Waals surface area contributed by atoms with Crippen molar-refractivity contribution >= 4 is 0 Å². The maximum atomic E-state index is 5.26. The number of nitrogens with one attached hydrogen (secondary N) is 1. The molecular formula is C9H17N3O. The Kier molecular flexibility index (Phi) is 4.49. The smallest absolute Gasteiger partial charge is 0.0593 e. The molecule has 0 unspecified atom stereocenters. The molecule has 1 aromatic heterocycles. The van der Waals surface area contributed by atoms with E-state index >= 15 is 0 Å². The van der Waals surface area contributed by atoms with E-state index in [0.717, 1.165) is 32.0 Å². The lowest BCUT2D eigenvalue weighted by Gasteiger charge is -2.14. The first-order valence-electron chi connectivity index (χ1n) is 4.57. The highest BCUT2D eigenvalue weighted by atomic mass is 16.5. The maximum absolute atomic E-state index is 5.26. The summed E-state index contributed by atoms with van der Waals surface area (Å²) in [6, 6.07) is 1.98. The molecule has 0 saturated heterocycles. The third-order valence-corrected chi connectivity index (χ3v) is 1.82. The van der Waals surface area contributed by atoms with Gasteiger partial charge < -0.3 is 4.74 Å². The number of nitrogens with zero attached hydrogens (tertiary/aromatic N) is 2. The molecule has 0 atom stereocenters. The summed E-state index contributed by atoms with van der Waals surface area (Å²) in [5.74, 6) is 0. The van der Waals surface area contributed by atoms with Gasteiger partial charge in [-0.15, -0.1) is 0 Å². The number of ether oxygens (including phenoxy) is 1. The molecule has 0 bridgehead atoms. The predicted octanol–water partition coefficient (Wildman–Crippen LogP) is 0.878. The van der Waals surface area contributed by atoms with Crippen LogP contribution in [0.1, 0.15) is 12.6 Å². The molecule has 0 aliphatic carbocycles. The largest absolute Gasteiger partial charge is 0.380 e. The average molecular weight is 183 g/mol. The predicted molar refractivity (Wildman–Crippen MR) is 51.4 cm³/mol. The highest BCUT2D eigenvalue weighted by Crippen LogP contribution is 1.96. The molecule has 0 aliphatic rings. The summed E-state index contributed by atoms with van der Waals surface area (Å²) in [6.07, 6.45) is 1.77. The number of hydrogen-bond donors (Lipinski definition) is 1. The Labute approximate surface area is 78.9 Å². The number of aromatic amines is 1. The summed E-state index contributed by atoms with van der Waals surface area (Å²) in [5, 5.41) is 6.81. The van der Waals surface area contributed by atoms with E-state index in [-0.39, 0.29) is 0 Å². The lowest BCUT2D eigenvalue weighted by Crippen LogP contribution is -2.22. The zero-order chi connectivity index (χ0) is 9.52. The van der Waals surface area contributed by atoms with Gasteiger partial charge in [0.2, 0.25) is 0 Å². The molecule has 4 nitrogen and oxygen atoms in total. The van der Waals surface area contributed by atoms with Gasteiger partial charge in [0.05, 0.1) is 6.61 Å². The van der Waals surface area contributed by atoms with Crippen LogP contribution in [0.4, 0.5) is 0 Å². The van der Waals surface area contributed by atoms with E-state index in [1.54, 1.807) is 6.20 Å². The van der Waals surface area contributed by atoms with E-state index in [0.29, 0.717) is 0 Å². The molecule has 0 amide bonds. The van der Waals surface area contributed by atoms with Crippen LogP contribution in [-0.4, -0.2) is 41.9 Å². The second-order valence-electron chi connectivity index (χ2n) is 3.02. The van der Waals surface area contributed by atoms with Crippen molar-refractivity contribution in [3.05, 3.63) is 18.0 Å². The molecular weight excluding hydrogens is 166 g/mol. The summed E-state index contributed by atoms with van der Waals surface area (Å²) in [6.45, 7) is 5.44. The molecule has 0 radical (unpaired) electrons. The van der Waals surface area contributed by atoms with Crippen LogP contribution in [0.3, 0.4) is 0 Å². The van der Waals surface area contributed by atoms with Gasteiger partial charge in [-0.1, -0.05) is 0 Å². The molecule has 0 aromatic carbocycles. The van der Waals surface area contributed by atoms with Gasteiger partial charge in [-0.2, -0.15) is 5.10 Å². The van der Waals surface area contributed by atoms with Crippen molar-refractivity contribution in [2.75, 3.05) is 26.8 Å². The van der Waals surface area contributed by atoms with Crippen molar-refractivity contribution in [2.45, 2.75) is 13.5 Å². The second kappa shape index (κ2) is 5.72. The fourth-order valence-electron chi connectivity index (χ4n) is 1.11. The Bertz CT molecular complexity index is 211. The van der Waals surface area contributed by atoms with E-state index in [1.807, 2.05) is 13.0 Å². The number of aromatic nitrogens is 2. The molecule has 0 saturated carbocycles. The number of rotatable bonds is 6. The van der Waals surface area contributed by atoms with Crippen molar-refractivity contribution in [1.82, 2.24) is 15.1 Å². The normalized spacial score (nSPS) is 11.0. The van der Waals surface area contributed by atoms with Gasteiger partial charge in [-0.05, 0) is 20.0 Å². The van der Waals surface area contributed by atoms with Crippen LogP contribution in [0.5, 0.6) is 0 Å². The van der Waals surface area contributed by atoms with Crippen molar-refractivity contribution < 1.29 is 4.74 Å². The quantitative estimate of drug-likeness (QED) is 0.665. The zero-order valence-electron chi connectivity index (χ0n) is 8.29. The maximum Gasteiger partial charge on any atom is 0.0593 e. The monoisotopic (exact) mass is 183 g/mol. The molecule has 1 rings (SSSR count). The summed E-state index contributed by atoms with van der Waals surface area (Å²) in [4.78, 5) is 2.20. The third kappa shape index (κ3) is 4.05. The SMILES string of the molecule is CCOCCN(C)Cc1ccn[nH]1. The van der Waals surface area contributed by atoms with Gasteiger partial charge in [0.25, 0.3) is 0 Å². The van der Waals surface area contributed by atoms with E-state index in [9.17, 15) is 0 Å². The summed E-state index contributed by atoms with van der Waals surface area (Å²) in [7, 11) is 2.07. The highest BCUT2D eigenvalue weighted by molar-refractivity contribution is 4.96. The van der Waals surface area contributed by atoms with Crippen molar-refractivity contribution in [1.29, 1.82) is 0 Å². The Morgan fingerprint density at radius 1 is 1.62 bits per heavy atom. The first-order chi connectivity index (χ1) is 6.33. The van der Waals surface area contributed by atoms with Crippen LogP contribution in [-0.2, 0) is 11.3 Å². The van der Waals surface area contributed by atoms with Crippen LogP contribution in [0.25, 0.3) is 0 Å². The Morgan fingerprint density at radius 2 is 2.46 bits per heavy atom. The third-order valence-electron chi connectivity index (χ3n) is 1.82. The Hall–Kier alpha value is -0.870. The molecule has 0 fully saturated rings. The van der Waals surface area contributed by atoms with Crippen molar-refractivity contribution in [2.24, 2.45) is 0 Å². The van der Waals surface area contributed by atoms with Crippen molar-refractivity contribution in [3.63, 3.8) is 0 Å². The number of H-pyrrole nitrogens is 1. The standard InChI is InChI=1S/C9H17N3O/c1-3-13-7-6-12(2)8-9-4-5-10-11-9/h4-5H,3,6-8H2,1-2H3,(H,10,11). The van der Waals surface area contributed by atoms with Gasteiger partial charge >= 0.3 is 0 Å². The van der Waals surface area contributed by atoms with Gasteiger partial charge in [-0.3, -0.25) is 10.00 Å². The minimum Gasteiger partial charge on any atom is -0.380 e. The summed E-state index contributed by atoms with van der Waals surface area (Å²) < 4.78 is 5.26. The van der Waals surface area contributed by atoms with Crippen molar-refractivity contribution in [3.8, 4) is 0 Å². The van der Waals surface area contributed by atoms with Crippen LogP contribution in [0, 0.1) is 0 Å². The molecule has 4 heteroatoms. The first kappa shape index (κ1) is 10.2. The van der Waals surface area contributed by atoms with E-state index in [1.165, 1.54) is 0 Å². The summed E-state index contributed by atoms with van der Waals surface area (Å²) >= 11 is 0. The van der Waals surface area contributed by atoms with Crippen LogP contribution in [0.2, 0.25) is 0 Å². The van der Waals surface area contributed by atoms with Gasteiger partial charge in [0.1, 0.15) is 0 Å². The molecule has 1 heterocycles. The van der Waals surface area contributed by atoms with Crippen LogP contribution in [0.15, 0.2) is 12.3 Å². The molecule has 0 aliphatic heterocycles. The number of hydrogen-bond acceptors (Lipinski definition) is 3. The molecule has 1 aromatic rings. The second-order valence-corrected chi connectivity index (χ2v) is 3.02. The van der Waals surface area contributed by atoms with Gasteiger partial charge in [0, 0.05) is 31.6 Å². The van der Waals surface area contributed by atoms with Gasteiger partial charge in [-0.25, -0.2) is 0 Å². The summed E-state index contributed by atoms with van der Waals surface area (Å²) in [5.41, 5.74) is 1.14. The van der Waals surface area contributed by atoms with E-state index in [2.05, 4.69) is 22.1 Å². The first-order valence-corrected chi connectivity index (χ1v) is 4.57. The molecule has 74 valence electrons. The average Bonchev–Trinajstić information content (AvgIpc) is 2.57. The molecule has 1 N–H and O–H groups in total. The fraction of sp³-hybridized carbons (Fsp3) is 0.667. The lowest BCUT2D eigenvalue weighted by molar-refractivity contribution is 0.120. The lowest BCUT2D eigenvalue weighted by atomic mass is 10.4. The molecule has 13 heavy (non-hydrogen) atoms. The topological polar surface area (TPSA) is 41.1 Å². The minimum atomic E-state index is 0.790. The molecule has 0 spiro atoms. The minimum absolute atomic E-state index is 0.790. The zero-order valence-corrected chi connectivity index (χ0v) is 8.29. The number of likely N-dealkylation sites (N-methyl/N-ethyl adjacent to an activating group) is 1. The van der Waals surface area contributed by atoms with E-state index < -0.39 is 0 Å². The Balaban J connectivity index is 2.14. The fourth-order valence-corrected chi connectivity index (χ4v) is 1.11. The Morgan fingerprint density at radius 3 is 3.08 bits per heavy atom. The van der Waals surface area contributed by atoms with Crippen LogP contribution < -0.4 is 0 Å².